The number of fused-ring (bicyclic) bond motifs is 1. The lowest BCUT2D eigenvalue weighted by atomic mass is 10.0. The predicted octanol–water partition coefficient (Wildman–Crippen LogP) is 1.98. The van der Waals surface area contributed by atoms with Gasteiger partial charge in [-0.15, -0.1) is 0 Å². The van der Waals surface area contributed by atoms with Crippen molar-refractivity contribution in [2.75, 3.05) is 19.6 Å². The average molecular weight is 270 g/mol. The van der Waals surface area contributed by atoms with Crippen LogP contribution in [0.25, 0.3) is 10.8 Å². The topological polar surface area (TPSA) is 52.6 Å². The molecule has 3 rings (SSSR count). The molecule has 1 aliphatic rings. The zero-order chi connectivity index (χ0) is 14.1. The fraction of sp³-hybridized carbons (Fsp3) is 0.312. The number of nitrogens with one attached hydrogen (secondary N) is 1. The highest BCUT2D eigenvalue weighted by Gasteiger charge is 2.24. The van der Waals surface area contributed by atoms with Crippen LogP contribution in [-0.2, 0) is 0 Å². The molecule has 0 saturated carbocycles. The second kappa shape index (κ2) is 5.13. The minimum absolute atomic E-state index is 0.0827. The van der Waals surface area contributed by atoms with Gasteiger partial charge in [0, 0.05) is 31.1 Å². The Labute approximate surface area is 118 Å². The van der Waals surface area contributed by atoms with E-state index in [4.69, 9.17) is 0 Å². The Kier molecular flexibility index (Phi) is 3.32. The van der Waals surface area contributed by atoms with E-state index in [1.807, 2.05) is 30.3 Å². The van der Waals surface area contributed by atoms with E-state index in [0.717, 1.165) is 17.3 Å². The maximum atomic E-state index is 12.5. The molecule has 20 heavy (non-hydrogen) atoms. The molecule has 104 valence electrons. The number of carbonyl (C=O) groups excluding carboxylic acids is 1. The first-order chi connectivity index (χ1) is 9.66. The van der Waals surface area contributed by atoms with E-state index >= 15 is 0 Å². The van der Waals surface area contributed by atoms with Crippen LogP contribution in [0.5, 0.6) is 5.75 Å². The highest BCUT2D eigenvalue weighted by Crippen LogP contribution is 2.29. The summed E-state index contributed by atoms with van der Waals surface area (Å²) in [6.45, 7) is 4.20. The first kappa shape index (κ1) is 12.9. The zero-order valence-corrected chi connectivity index (χ0v) is 11.5. The second-order valence-electron chi connectivity index (χ2n) is 5.29. The number of phenolic OH excluding ortho intramolecular Hbond substituents is 1. The minimum Gasteiger partial charge on any atom is -0.506 e. The van der Waals surface area contributed by atoms with E-state index in [1.165, 1.54) is 0 Å². The van der Waals surface area contributed by atoms with Gasteiger partial charge >= 0.3 is 0 Å². The lowest BCUT2D eigenvalue weighted by molar-refractivity contribution is 0.0706. The summed E-state index contributed by atoms with van der Waals surface area (Å²) in [5, 5.41) is 15.3. The van der Waals surface area contributed by atoms with Gasteiger partial charge in [-0.1, -0.05) is 30.3 Å². The van der Waals surface area contributed by atoms with Crippen LogP contribution in [0.15, 0.2) is 36.4 Å². The number of piperazine rings is 1. The van der Waals surface area contributed by atoms with Gasteiger partial charge in [0.2, 0.25) is 0 Å². The Morgan fingerprint density at radius 3 is 2.90 bits per heavy atom. The molecule has 0 aromatic heterocycles. The molecular weight excluding hydrogens is 252 g/mol. The summed E-state index contributed by atoms with van der Waals surface area (Å²) in [4.78, 5) is 14.3. The van der Waals surface area contributed by atoms with Crippen LogP contribution in [0.3, 0.4) is 0 Å². The van der Waals surface area contributed by atoms with Gasteiger partial charge in [-0.25, -0.2) is 0 Å². The SMILES string of the molecule is C[C@@H]1CN(C(=O)c2ccc3ccccc3c2O)CCN1. The summed E-state index contributed by atoms with van der Waals surface area (Å²) in [6.07, 6.45) is 0. The molecule has 0 bridgehead atoms. The number of phenols is 1. The molecule has 0 spiro atoms. The Balaban J connectivity index is 1.97. The van der Waals surface area contributed by atoms with Crippen molar-refractivity contribution >= 4 is 16.7 Å². The fourth-order valence-electron chi connectivity index (χ4n) is 2.71. The van der Waals surface area contributed by atoms with Crippen LogP contribution in [0.2, 0.25) is 0 Å². The van der Waals surface area contributed by atoms with Gasteiger partial charge in [-0.05, 0) is 18.4 Å². The van der Waals surface area contributed by atoms with Crippen molar-refractivity contribution in [3.8, 4) is 5.75 Å². The maximum absolute atomic E-state index is 12.5. The first-order valence-electron chi connectivity index (χ1n) is 6.90. The lowest BCUT2D eigenvalue weighted by Crippen LogP contribution is -2.51. The summed E-state index contributed by atoms with van der Waals surface area (Å²) < 4.78 is 0. The van der Waals surface area contributed by atoms with Gasteiger partial charge < -0.3 is 15.3 Å². The number of aromatic hydroxyl groups is 1. The zero-order valence-electron chi connectivity index (χ0n) is 11.5. The van der Waals surface area contributed by atoms with E-state index in [0.29, 0.717) is 18.7 Å². The highest BCUT2D eigenvalue weighted by molar-refractivity contribution is 6.03. The Bertz CT molecular complexity index is 654. The first-order valence-corrected chi connectivity index (χ1v) is 6.90. The molecule has 1 saturated heterocycles. The fourth-order valence-corrected chi connectivity index (χ4v) is 2.71. The molecule has 2 N–H and O–H groups in total. The van der Waals surface area contributed by atoms with Gasteiger partial charge in [0.05, 0.1) is 5.56 Å². The number of benzene rings is 2. The van der Waals surface area contributed by atoms with Crippen molar-refractivity contribution in [1.29, 1.82) is 0 Å². The average Bonchev–Trinajstić information content (AvgIpc) is 2.47. The van der Waals surface area contributed by atoms with Crippen LogP contribution >= 0.6 is 0 Å². The minimum atomic E-state index is -0.0957. The number of rotatable bonds is 1. The van der Waals surface area contributed by atoms with Gasteiger partial charge in [0.1, 0.15) is 5.75 Å². The normalized spacial score (nSPS) is 19.2. The summed E-state index contributed by atoms with van der Waals surface area (Å²) in [5.41, 5.74) is 0.387. The van der Waals surface area contributed by atoms with Crippen LogP contribution in [0.1, 0.15) is 17.3 Å². The van der Waals surface area contributed by atoms with Crippen LogP contribution in [0.4, 0.5) is 0 Å². The summed E-state index contributed by atoms with van der Waals surface area (Å²) in [5.74, 6) is -0.0131. The molecule has 1 aliphatic heterocycles. The molecular formula is C16H18N2O2. The number of nitrogens with zero attached hydrogens (tertiary/aromatic N) is 1. The number of amides is 1. The molecule has 1 heterocycles. The van der Waals surface area contributed by atoms with Crippen molar-refractivity contribution < 1.29 is 9.90 Å². The highest BCUT2D eigenvalue weighted by atomic mass is 16.3. The molecule has 4 nitrogen and oxygen atoms in total. The van der Waals surface area contributed by atoms with Crippen LogP contribution in [-0.4, -0.2) is 41.6 Å². The van der Waals surface area contributed by atoms with E-state index in [1.54, 1.807) is 11.0 Å². The number of hydrogen-bond acceptors (Lipinski definition) is 3. The third-order valence-corrected chi connectivity index (χ3v) is 3.79. The largest absolute Gasteiger partial charge is 0.506 e. The molecule has 1 fully saturated rings. The second-order valence-corrected chi connectivity index (χ2v) is 5.29. The molecule has 2 aromatic rings. The maximum Gasteiger partial charge on any atom is 0.257 e. The monoisotopic (exact) mass is 270 g/mol. The van der Waals surface area contributed by atoms with Crippen molar-refractivity contribution in [2.24, 2.45) is 0 Å². The Hall–Kier alpha value is -2.07. The van der Waals surface area contributed by atoms with Gasteiger partial charge in [-0.3, -0.25) is 4.79 Å². The van der Waals surface area contributed by atoms with Crippen LogP contribution in [0, 0.1) is 0 Å². The summed E-state index contributed by atoms with van der Waals surface area (Å²) in [7, 11) is 0. The van der Waals surface area contributed by atoms with Crippen molar-refractivity contribution in [2.45, 2.75) is 13.0 Å². The predicted molar refractivity (Wildman–Crippen MR) is 79.0 cm³/mol. The number of carbonyl (C=O) groups is 1. The van der Waals surface area contributed by atoms with E-state index < -0.39 is 0 Å². The molecule has 2 aromatic carbocycles. The molecule has 0 aliphatic carbocycles. The van der Waals surface area contributed by atoms with Crippen molar-refractivity contribution in [3.05, 3.63) is 42.0 Å². The van der Waals surface area contributed by atoms with Crippen molar-refractivity contribution in [1.82, 2.24) is 10.2 Å². The summed E-state index contributed by atoms with van der Waals surface area (Å²) >= 11 is 0. The van der Waals surface area contributed by atoms with E-state index in [2.05, 4.69) is 12.2 Å². The number of hydrogen-bond donors (Lipinski definition) is 2. The lowest BCUT2D eigenvalue weighted by Gasteiger charge is -2.32. The van der Waals surface area contributed by atoms with Crippen LogP contribution < -0.4 is 5.32 Å². The Morgan fingerprint density at radius 2 is 2.10 bits per heavy atom. The van der Waals surface area contributed by atoms with Crippen molar-refractivity contribution in [3.63, 3.8) is 0 Å². The van der Waals surface area contributed by atoms with E-state index in [-0.39, 0.29) is 17.7 Å². The molecule has 1 amide bonds. The van der Waals surface area contributed by atoms with Gasteiger partial charge in [-0.2, -0.15) is 0 Å². The molecule has 0 radical (unpaired) electrons. The molecule has 0 unspecified atom stereocenters. The smallest absolute Gasteiger partial charge is 0.257 e. The molecule has 4 heteroatoms. The third-order valence-electron chi connectivity index (χ3n) is 3.79. The standard InChI is InChI=1S/C16H18N2O2/c1-11-10-18(9-8-17-11)16(20)14-7-6-12-4-2-3-5-13(12)15(14)19/h2-7,11,17,19H,8-10H2,1H3/t11-/m1/s1. The Morgan fingerprint density at radius 1 is 1.30 bits per heavy atom. The third kappa shape index (κ3) is 2.23. The summed E-state index contributed by atoms with van der Waals surface area (Å²) in [6, 6.07) is 11.4. The van der Waals surface area contributed by atoms with E-state index in [9.17, 15) is 9.90 Å². The van der Waals surface area contributed by atoms with Gasteiger partial charge in [0.25, 0.3) is 5.91 Å². The van der Waals surface area contributed by atoms with Gasteiger partial charge in [0.15, 0.2) is 0 Å². The quantitative estimate of drug-likeness (QED) is 0.833. The molecule has 1 atom stereocenters.